The number of piperazine rings is 1. The standard InChI is InChI=1S/C21H26FN3O2/c1-27-19-8-6-17(7-9-19)15-24-10-12-25(13-11-24)16-21(26)23-14-18-4-2-3-5-20(18)22/h2-9H,10-16H2,1H3,(H,23,26)/p+2. The van der Waals surface area contributed by atoms with Crippen molar-refractivity contribution in [1.82, 2.24) is 5.32 Å². The molecule has 0 atom stereocenters. The SMILES string of the molecule is COc1ccc(C[NH+]2CC[NH+](CC(=O)NCc3ccccc3F)CC2)cc1. The quantitative estimate of drug-likeness (QED) is 0.609. The first kappa shape index (κ1) is 19.3. The van der Waals surface area contributed by atoms with Crippen LogP contribution in [0.4, 0.5) is 4.39 Å². The number of hydrogen-bond donors (Lipinski definition) is 3. The number of rotatable bonds is 7. The van der Waals surface area contributed by atoms with Crippen molar-refractivity contribution in [3.05, 3.63) is 65.5 Å². The highest BCUT2D eigenvalue weighted by molar-refractivity contribution is 5.76. The lowest BCUT2D eigenvalue weighted by Gasteiger charge is -2.29. The van der Waals surface area contributed by atoms with Gasteiger partial charge in [-0.05, 0) is 30.3 Å². The van der Waals surface area contributed by atoms with Crippen molar-refractivity contribution in [2.24, 2.45) is 0 Å². The van der Waals surface area contributed by atoms with Gasteiger partial charge in [0.15, 0.2) is 6.54 Å². The van der Waals surface area contributed by atoms with Crippen LogP contribution in [0.5, 0.6) is 5.75 Å². The fourth-order valence-electron chi connectivity index (χ4n) is 3.47. The smallest absolute Gasteiger partial charge is 0.275 e. The van der Waals surface area contributed by atoms with Gasteiger partial charge in [-0.3, -0.25) is 4.79 Å². The van der Waals surface area contributed by atoms with Crippen LogP contribution in [0.15, 0.2) is 48.5 Å². The Kier molecular flexibility index (Phi) is 6.79. The second kappa shape index (κ2) is 9.48. The zero-order valence-electron chi connectivity index (χ0n) is 15.8. The van der Waals surface area contributed by atoms with Crippen LogP contribution < -0.4 is 19.9 Å². The molecule has 1 fully saturated rings. The molecular formula is C21H28FN3O2+2. The van der Waals surface area contributed by atoms with Gasteiger partial charge in [-0.1, -0.05) is 18.2 Å². The summed E-state index contributed by atoms with van der Waals surface area (Å²) in [5, 5.41) is 2.83. The van der Waals surface area contributed by atoms with Gasteiger partial charge < -0.3 is 19.9 Å². The number of hydrogen-bond acceptors (Lipinski definition) is 2. The third kappa shape index (κ3) is 5.77. The minimum atomic E-state index is -0.277. The minimum absolute atomic E-state index is 0.0214. The van der Waals surface area contributed by atoms with Crippen molar-refractivity contribution in [2.75, 3.05) is 39.8 Å². The Morgan fingerprint density at radius 2 is 1.70 bits per heavy atom. The van der Waals surface area contributed by atoms with E-state index in [1.165, 1.54) is 21.4 Å². The van der Waals surface area contributed by atoms with Gasteiger partial charge in [0.05, 0.1) is 7.11 Å². The van der Waals surface area contributed by atoms with Crippen molar-refractivity contribution < 1.29 is 23.7 Å². The number of carbonyl (C=O) groups is 1. The molecule has 0 spiro atoms. The van der Waals surface area contributed by atoms with Crippen LogP contribution in [-0.4, -0.2) is 45.7 Å². The lowest BCUT2D eigenvalue weighted by atomic mass is 10.2. The number of amides is 1. The maximum Gasteiger partial charge on any atom is 0.275 e. The molecule has 2 aromatic carbocycles. The normalized spacial score (nSPS) is 19.5. The third-order valence-electron chi connectivity index (χ3n) is 5.12. The van der Waals surface area contributed by atoms with Gasteiger partial charge in [0.1, 0.15) is 44.3 Å². The first-order valence-corrected chi connectivity index (χ1v) is 9.44. The van der Waals surface area contributed by atoms with E-state index in [1.807, 2.05) is 12.1 Å². The Labute approximate surface area is 159 Å². The minimum Gasteiger partial charge on any atom is -0.497 e. The van der Waals surface area contributed by atoms with Gasteiger partial charge in [0.2, 0.25) is 0 Å². The molecule has 1 aliphatic rings. The Bertz CT molecular complexity index is 743. The van der Waals surface area contributed by atoms with Gasteiger partial charge >= 0.3 is 0 Å². The molecule has 2 aromatic rings. The number of halogens is 1. The van der Waals surface area contributed by atoms with Gasteiger partial charge in [0, 0.05) is 17.7 Å². The second-order valence-corrected chi connectivity index (χ2v) is 7.07. The van der Waals surface area contributed by atoms with Crippen LogP contribution in [0.25, 0.3) is 0 Å². The fourth-order valence-corrected chi connectivity index (χ4v) is 3.47. The fraction of sp³-hybridized carbons (Fsp3) is 0.381. The third-order valence-corrected chi connectivity index (χ3v) is 5.12. The van der Waals surface area contributed by atoms with Crippen molar-refractivity contribution in [1.29, 1.82) is 0 Å². The average molecular weight is 373 g/mol. The summed E-state index contributed by atoms with van der Waals surface area (Å²) in [6.45, 7) is 5.72. The van der Waals surface area contributed by atoms with E-state index >= 15 is 0 Å². The van der Waals surface area contributed by atoms with E-state index in [2.05, 4.69) is 17.4 Å². The van der Waals surface area contributed by atoms with E-state index in [0.29, 0.717) is 12.1 Å². The Morgan fingerprint density at radius 3 is 2.37 bits per heavy atom. The average Bonchev–Trinajstić information content (AvgIpc) is 2.69. The van der Waals surface area contributed by atoms with Gasteiger partial charge in [-0.2, -0.15) is 0 Å². The molecule has 3 N–H and O–H groups in total. The monoisotopic (exact) mass is 373 g/mol. The number of ether oxygens (including phenoxy) is 1. The van der Waals surface area contributed by atoms with Crippen LogP contribution in [0, 0.1) is 5.82 Å². The van der Waals surface area contributed by atoms with E-state index < -0.39 is 0 Å². The summed E-state index contributed by atoms with van der Waals surface area (Å²) in [5.41, 5.74) is 1.83. The Balaban J connectivity index is 1.38. The van der Waals surface area contributed by atoms with Crippen molar-refractivity contribution in [3.63, 3.8) is 0 Å². The molecule has 1 amide bonds. The molecule has 0 aromatic heterocycles. The molecule has 1 aliphatic heterocycles. The van der Waals surface area contributed by atoms with E-state index in [1.54, 1.807) is 25.3 Å². The molecule has 1 heterocycles. The summed E-state index contributed by atoms with van der Waals surface area (Å²) in [7, 11) is 1.68. The van der Waals surface area contributed by atoms with Gasteiger partial charge in [-0.25, -0.2) is 4.39 Å². The van der Waals surface area contributed by atoms with Gasteiger partial charge in [0.25, 0.3) is 5.91 Å². The maximum absolute atomic E-state index is 13.6. The highest BCUT2D eigenvalue weighted by Crippen LogP contribution is 2.10. The lowest BCUT2D eigenvalue weighted by molar-refractivity contribution is -1.02. The number of benzene rings is 2. The summed E-state index contributed by atoms with van der Waals surface area (Å²) in [6.07, 6.45) is 0. The number of carbonyl (C=O) groups excluding carboxylic acids is 1. The summed E-state index contributed by atoms with van der Waals surface area (Å²) in [5.74, 6) is 0.581. The lowest BCUT2D eigenvalue weighted by Crippen LogP contribution is -3.28. The zero-order chi connectivity index (χ0) is 19.1. The summed E-state index contributed by atoms with van der Waals surface area (Å²) in [4.78, 5) is 15.0. The molecule has 0 radical (unpaired) electrons. The van der Waals surface area contributed by atoms with Crippen LogP contribution >= 0.6 is 0 Å². The molecule has 1 saturated heterocycles. The number of methoxy groups -OCH3 is 1. The van der Waals surface area contributed by atoms with Gasteiger partial charge in [-0.15, -0.1) is 0 Å². The first-order valence-electron chi connectivity index (χ1n) is 9.44. The predicted octanol–water partition coefficient (Wildman–Crippen LogP) is -0.566. The maximum atomic E-state index is 13.6. The number of quaternary nitrogens is 2. The Morgan fingerprint density at radius 1 is 1.04 bits per heavy atom. The van der Waals surface area contributed by atoms with Crippen molar-refractivity contribution in [3.8, 4) is 5.75 Å². The summed E-state index contributed by atoms with van der Waals surface area (Å²) >= 11 is 0. The van der Waals surface area contributed by atoms with Crippen LogP contribution in [0.3, 0.4) is 0 Å². The van der Waals surface area contributed by atoms with Crippen LogP contribution in [0.2, 0.25) is 0 Å². The van der Waals surface area contributed by atoms with Crippen LogP contribution in [-0.2, 0) is 17.9 Å². The number of nitrogens with one attached hydrogen (secondary N) is 3. The largest absolute Gasteiger partial charge is 0.497 e. The van der Waals surface area contributed by atoms with Crippen LogP contribution in [0.1, 0.15) is 11.1 Å². The molecule has 27 heavy (non-hydrogen) atoms. The zero-order valence-corrected chi connectivity index (χ0v) is 15.8. The summed E-state index contributed by atoms with van der Waals surface area (Å²) in [6, 6.07) is 14.8. The second-order valence-electron chi connectivity index (χ2n) is 7.07. The summed E-state index contributed by atoms with van der Waals surface area (Å²) < 4.78 is 18.8. The molecule has 0 aliphatic carbocycles. The molecule has 5 nitrogen and oxygen atoms in total. The van der Waals surface area contributed by atoms with E-state index in [-0.39, 0.29) is 18.3 Å². The first-order chi connectivity index (χ1) is 13.1. The van der Waals surface area contributed by atoms with E-state index in [0.717, 1.165) is 38.5 Å². The predicted molar refractivity (Wildman–Crippen MR) is 101 cm³/mol. The molecule has 0 bridgehead atoms. The highest BCUT2D eigenvalue weighted by Gasteiger charge is 2.24. The molecule has 6 heteroatoms. The highest BCUT2D eigenvalue weighted by atomic mass is 19.1. The molecule has 3 rings (SSSR count). The molecule has 0 saturated carbocycles. The molecule has 144 valence electrons. The van der Waals surface area contributed by atoms with Crippen molar-refractivity contribution >= 4 is 5.91 Å². The molecule has 0 unspecified atom stereocenters. The molecular weight excluding hydrogens is 345 g/mol. The van der Waals surface area contributed by atoms with Crippen molar-refractivity contribution in [2.45, 2.75) is 13.1 Å². The van der Waals surface area contributed by atoms with E-state index in [4.69, 9.17) is 4.74 Å². The van der Waals surface area contributed by atoms with E-state index in [9.17, 15) is 9.18 Å². The topological polar surface area (TPSA) is 47.2 Å². The Hall–Kier alpha value is -2.44.